The Bertz CT molecular complexity index is 1060. The lowest BCUT2D eigenvalue weighted by atomic mass is 10.1. The van der Waals surface area contributed by atoms with Crippen molar-refractivity contribution in [1.29, 1.82) is 0 Å². The Kier molecular flexibility index (Phi) is 7.19. The van der Waals surface area contributed by atoms with Crippen molar-refractivity contribution in [2.75, 3.05) is 4.90 Å². The first kappa shape index (κ1) is 22.2. The molecule has 3 rings (SSSR count). The van der Waals surface area contributed by atoms with E-state index < -0.39 is 0 Å². The molecule has 0 aromatic heterocycles. The maximum atomic E-state index is 13.5. The number of carbonyl (C=O) groups excluding carboxylic acids is 2. The fraction of sp³-hybridized carbons (Fsp3) is 0.231. The molecular formula is C26H27FN2O2. The number of halogens is 1. The molecule has 0 saturated carbocycles. The molecule has 0 aliphatic carbocycles. The van der Waals surface area contributed by atoms with Gasteiger partial charge in [-0.15, -0.1) is 0 Å². The zero-order valence-electron chi connectivity index (χ0n) is 18.1. The molecule has 0 aliphatic heterocycles. The fourth-order valence-corrected chi connectivity index (χ4v) is 3.40. The van der Waals surface area contributed by atoms with Gasteiger partial charge in [0.15, 0.2) is 0 Å². The van der Waals surface area contributed by atoms with Gasteiger partial charge in [-0.05, 0) is 67.8 Å². The molecule has 3 aromatic carbocycles. The molecule has 0 heterocycles. The summed E-state index contributed by atoms with van der Waals surface area (Å²) in [5.74, 6) is -0.535. The normalized spacial score (nSPS) is 10.7. The minimum atomic E-state index is -0.321. The minimum absolute atomic E-state index is 0.0632. The van der Waals surface area contributed by atoms with Gasteiger partial charge >= 0.3 is 0 Å². The highest BCUT2D eigenvalue weighted by Gasteiger charge is 2.20. The summed E-state index contributed by atoms with van der Waals surface area (Å²) in [6.07, 6.45) is 0.231. The van der Waals surface area contributed by atoms with E-state index in [1.807, 2.05) is 63.2 Å². The van der Waals surface area contributed by atoms with Crippen LogP contribution in [0.5, 0.6) is 0 Å². The standard InChI is InChI=1S/C26H27FN2O2/c1-18(2)28-25(30)16-21-8-6-9-23(15-21)29(17-20-11-13-22(27)14-12-20)26(31)24-10-5-4-7-19(24)3/h4-15,18H,16-17H2,1-3H3,(H,28,30). The summed E-state index contributed by atoms with van der Waals surface area (Å²) < 4.78 is 13.4. The van der Waals surface area contributed by atoms with E-state index in [-0.39, 0.29) is 36.6 Å². The molecule has 0 unspecified atom stereocenters. The Balaban J connectivity index is 1.95. The highest BCUT2D eigenvalue weighted by Crippen LogP contribution is 2.23. The molecule has 2 amide bonds. The van der Waals surface area contributed by atoms with Crippen LogP contribution in [0.2, 0.25) is 0 Å². The van der Waals surface area contributed by atoms with E-state index in [0.29, 0.717) is 11.3 Å². The van der Waals surface area contributed by atoms with Crippen LogP contribution in [-0.4, -0.2) is 17.9 Å². The molecule has 1 N–H and O–H groups in total. The molecule has 0 bridgehead atoms. The predicted molar refractivity (Wildman–Crippen MR) is 122 cm³/mol. The second-order valence-corrected chi connectivity index (χ2v) is 7.90. The van der Waals surface area contributed by atoms with Gasteiger partial charge in [0.25, 0.3) is 5.91 Å². The topological polar surface area (TPSA) is 49.4 Å². The molecule has 0 atom stereocenters. The first-order valence-electron chi connectivity index (χ1n) is 10.3. The van der Waals surface area contributed by atoms with E-state index in [1.165, 1.54) is 12.1 Å². The van der Waals surface area contributed by atoms with Crippen LogP contribution in [0.15, 0.2) is 72.8 Å². The first-order valence-corrected chi connectivity index (χ1v) is 10.3. The van der Waals surface area contributed by atoms with E-state index >= 15 is 0 Å². The average Bonchev–Trinajstić information content (AvgIpc) is 2.73. The van der Waals surface area contributed by atoms with E-state index in [2.05, 4.69) is 5.32 Å². The average molecular weight is 419 g/mol. The zero-order valence-corrected chi connectivity index (χ0v) is 18.1. The van der Waals surface area contributed by atoms with Gasteiger partial charge in [-0.1, -0.05) is 42.5 Å². The monoisotopic (exact) mass is 418 g/mol. The Labute approximate surface area is 182 Å². The predicted octanol–water partition coefficient (Wildman–Crippen LogP) is 5.05. The van der Waals surface area contributed by atoms with Crippen LogP contribution in [0, 0.1) is 12.7 Å². The molecule has 5 heteroatoms. The SMILES string of the molecule is Cc1ccccc1C(=O)N(Cc1ccc(F)cc1)c1cccc(CC(=O)NC(C)C)c1. The van der Waals surface area contributed by atoms with E-state index in [1.54, 1.807) is 23.1 Å². The Morgan fingerprint density at radius 2 is 1.65 bits per heavy atom. The number of anilines is 1. The van der Waals surface area contributed by atoms with Crippen molar-refractivity contribution >= 4 is 17.5 Å². The third kappa shape index (κ3) is 6.01. The number of nitrogens with one attached hydrogen (secondary N) is 1. The molecule has 0 saturated heterocycles. The Morgan fingerprint density at radius 1 is 0.935 bits per heavy atom. The van der Waals surface area contributed by atoms with Gasteiger partial charge in [0, 0.05) is 17.3 Å². The summed E-state index contributed by atoms with van der Waals surface area (Å²) >= 11 is 0. The third-order valence-corrected chi connectivity index (χ3v) is 4.91. The number of aryl methyl sites for hydroxylation is 1. The van der Waals surface area contributed by atoms with E-state index in [4.69, 9.17) is 0 Å². The third-order valence-electron chi connectivity index (χ3n) is 4.91. The summed E-state index contributed by atoms with van der Waals surface area (Å²) in [6.45, 7) is 6.02. The number of carbonyl (C=O) groups is 2. The molecular weight excluding hydrogens is 391 g/mol. The first-order chi connectivity index (χ1) is 14.8. The molecule has 4 nitrogen and oxygen atoms in total. The number of hydrogen-bond donors (Lipinski definition) is 1. The number of rotatable bonds is 7. The lowest BCUT2D eigenvalue weighted by Gasteiger charge is -2.24. The van der Waals surface area contributed by atoms with Crippen LogP contribution < -0.4 is 10.2 Å². The molecule has 0 spiro atoms. The number of amides is 2. The van der Waals surface area contributed by atoms with Gasteiger partial charge < -0.3 is 10.2 Å². The van der Waals surface area contributed by atoms with E-state index in [0.717, 1.165) is 16.7 Å². The summed E-state index contributed by atoms with van der Waals surface area (Å²) in [5, 5.41) is 2.89. The van der Waals surface area contributed by atoms with Crippen molar-refractivity contribution in [2.45, 2.75) is 39.8 Å². The smallest absolute Gasteiger partial charge is 0.258 e. The lowest BCUT2D eigenvalue weighted by molar-refractivity contribution is -0.120. The maximum absolute atomic E-state index is 13.5. The Hall–Kier alpha value is -3.47. The maximum Gasteiger partial charge on any atom is 0.258 e. The lowest BCUT2D eigenvalue weighted by Crippen LogP contribution is -2.32. The van der Waals surface area contributed by atoms with Gasteiger partial charge in [-0.25, -0.2) is 4.39 Å². The highest BCUT2D eigenvalue weighted by molar-refractivity contribution is 6.07. The molecule has 0 aliphatic rings. The summed E-state index contributed by atoms with van der Waals surface area (Å²) in [6, 6.07) is 21.0. The number of benzene rings is 3. The van der Waals surface area contributed by atoms with Crippen LogP contribution >= 0.6 is 0 Å². The van der Waals surface area contributed by atoms with Crippen LogP contribution in [0.4, 0.5) is 10.1 Å². The van der Waals surface area contributed by atoms with Gasteiger partial charge in [-0.3, -0.25) is 9.59 Å². The van der Waals surface area contributed by atoms with Crippen LogP contribution in [0.3, 0.4) is 0 Å². The summed E-state index contributed by atoms with van der Waals surface area (Å²) in [5.41, 5.74) is 3.80. The number of nitrogens with zero attached hydrogens (tertiary/aromatic N) is 1. The largest absolute Gasteiger partial charge is 0.354 e. The van der Waals surface area contributed by atoms with Crippen molar-refractivity contribution in [3.8, 4) is 0 Å². The summed E-state index contributed by atoms with van der Waals surface area (Å²) in [7, 11) is 0. The van der Waals surface area contributed by atoms with Gasteiger partial charge in [0.2, 0.25) is 5.91 Å². The van der Waals surface area contributed by atoms with Crippen LogP contribution in [0.1, 0.15) is 40.9 Å². The fourth-order valence-electron chi connectivity index (χ4n) is 3.40. The van der Waals surface area contributed by atoms with Crippen molar-refractivity contribution in [1.82, 2.24) is 5.32 Å². The van der Waals surface area contributed by atoms with Crippen molar-refractivity contribution < 1.29 is 14.0 Å². The Morgan fingerprint density at radius 3 is 2.32 bits per heavy atom. The second kappa shape index (κ2) is 10.0. The highest BCUT2D eigenvalue weighted by atomic mass is 19.1. The van der Waals surface area contributed by atoms with Gasteiger partial charge in [-0.2, -0.15) is 0 Å². The van der Waals surface area contributed by atoms with Gasteiger partial charge in [0.1, 0.15) is 5.82 Å². The molecule has 0 radical (unpaired) electrons. The number of hydrogen-bond acceptors (Lipinski definition) is 2. The summed E-state index contributed by atoms with van der Waals surface area (Å²) in [4.78, 5) is 27.4. The van der Waals surface area contributed by atoms with E-state index in [9.17, 15) is 14.0 Å². The van der Waals surface area contributed by atoms with Gasteiger partial charge in [0.05, 0.1) is 13.0 Å². The quantitative estimate of drug-likeness (QED) is 0.584. The van der Waals surface area contributed by atoms with Crippen molar-refractivity contribution in [3.63, 3.8) is 0 Å². The van der Waals surface area contributed by atoms with Crippen LogP contribution in [0.25, 0.3) is 0 Å². The van der Waals surface area contributed by atoms with Crippen molar-refractivity contribution in [2.24, 2.45) is 0 Å². The molecule has 3 aromatic rings. The molecule has 31 heavy (non-hydrogen) atoms. The minimum Gasteiger partial charge on any atom is -0.354 e. The zero-order chi connectivity index (χ0) is 22.4. The van der Waals surface area contributed by atoms with Crippen LogP contribution in [-0.2, 0) is 17.8 Å². The molecule has 160 valence electrons. The van der Waals surface area contributed by atoms with Crippen molar-refractivity contribution in [3.05, 3.63) is 101 Å². The second-order valence-electron chi connectivity index (χ2n) is 7.90. The molecule has 0 fully saturated rings.